The fraction of sp³-hybridized carbons (Fsp3) is 0.625. The second-order valence-corrected chi connectivity index (χ2v) is 9.60. The van der Waals surface area contributed by atoms with Crippen LogP contribution < -0.4 is 10.6 Å². The molecule has 2 N–H and O–H groups in total. The molecular formula is C24H35N3O4. The van der Waals surface area contributed by atoms with E-state index in [4.69, 9.17) is 4.74 Å². The first kappa shape index (κ1) is 23.3. The molecule has 1 aliphatic carbocycles. The van der Waals surface area contributed by atoms with Gasteiger partial charge in [0.25, 0.3) is 0 Å². The van der Waals surface area contributed by atoms with Crippen molar-refractivity contribution in [2.75, 3.05) is 13.2 Å². The number of nitrogens with one attached hydrogen (secondary N) is 2. The molecule has 1 saturated heterocycles. The van der Waals surface area contributed by atoms with Gasteiger partial charge in [0.05, 0.1) is 6.10 Å². The molecule has 3 rings (SSSR count). The zero-order valence-electron chi connectivity index (χ0n) is 18.9. The Morgan fingerprint density at radius 1 is 1.06 bits per heavy atom. The van der Waals surface area contributed by atoms with Gasteiger partial charge in [-0.2, -0.15) is 0 Å². The lowest BCUT2D eigenvalue weighted by molar-refractivity contribution is -0.151. The molecule has 1 saturated carbocycles. The maximum atomic E-state index is 13.4. The van der Waals surface area contributed by atoms with Crippen molar-refractivity contribution >= 4 is 17.7 Å². The van der Waals surface area contributed by atoms with Crippen LogP contribution in [-0.2, 0) is 19.1 Å². The summed E-state index contributed by atoms with van der Waals surface area (Å²) in [7, 11) is 0. The lowest BCUT2D eigenvalue weighted by Gasteiger charge is -2.34. The number of hydrogen-bond donors (Lipinski definition) is 2. The lowest BCUT2D eigenvalue weighted by Crippen LogP contribution is -2.54. The summed E-state index contributed by atoms with van der Waals surface area (Å²) in [5.41, 5.74) is 0.193. The van der Waals surface area contributed by atoms with Gasteiger partial charge in [0.2, 0.25) is 5.91 Å². The summed E-state index contributed by atoms with van der Waals surface area (Å²) in [5, 5.41) is 5.86. The minimum absolute atomic E-state index is 0.0274. The van der Waals surface area contributed by atoms with Gasteiger partial charge in [-0.1, -0.05) is 43.2 Å². The lowest BCUT2D eigenvalue weighted by atomic mass is 10.0. The second kappa shape index (κ2) is 10.3. The number of carbonyl (C=O) groups is 3. The molecule has 1 aliphatic heterocycles. The molecule has 2 fully saturated rings. The number of nitrogens with zero attached hydrogens (tertiary/aromatic N) is 1. The number of amides is 3. The van der Waals surface area contributed by atoms with Crippen LogP contribution in [0.3, 0.4) is 0 Å². The number of hydrogen-bond acceptors (Lipinski definition) is 4. The van der Waals surface area contributed by atoms with Gasteiger partial charge in [-0.15, -0.1) is 0 Å². The van der Waals surface area contributed by atoms with E-state index < -0.39 is 23.4 Å². The van der Waals surface area contributed by atoms with Crippen LogP contribution in [0.4, 0.5) is 0 Å². The van der Waals surface area contributed by atoms with E-state index in [-0.39, 0.29) is 24.6 Å². The first-order chi connectivity index (χ1) is 14.7. The van der Waals surface area contributed by atoms with E-state index in [9.17, 15) is 14.4 Å². The summed E-state index contributed by atoms with van der Waals surface area (Å²) in [5.74, 6) is -1.63. The Morgan fingerprint density at radius 2 is 1.74 bits per heavy atom. The van der Waals surface area contributed by atoms with Crippen LogP contribution in [0.1, 0.15) is 70.9 Å². The smallest absolute Gasteiger partial charge is 0.312 e. The van der Waals surface area contributed by atoms with E-state index in [0.29, 0.717) is 12.2 Å². The minimum Gasteiger partial charge on any atom is -0.376 e. The highest BCUT2D eigenvalue weighted by Crippen LogP contribution is 2.26. The maximum Gasteiger partial charge on any atom is 0.312 e. The molecule has 1 aromatic rings. The van der Waals surface area contributed by atoms with Crippen LogP contribution in [0.5, 0.6) is 0 Å². The molecular weight excluding hydrogens is 394 g/mol. The van der Waals surface area contributed by atoms with Crippen molar-refractivity contribution < 1.29 is 19.1 Å². The number of carbonyl (C=O) groups excluding carboxylic acids is 3. The largest absolute Gasteiger partial charge is 0.376 e. The molecule has 3 amide bonds. The van der Waals surface area contributed by atoms with E-state index in [1.54, 1.807) is 0 Å². The van der Waals surface area contributed by atoms with Crippen molar-refractivity contribution in [1.29, 1.82) is 0 Å². The molecule has 0 bridgehead atoms. The summed E-state index contributed by atoms with van der Waals surface area (Å²) < 4.78 is 5.76. The van der Waals surface area contributed by atoms with Crippen molar-refractivity contribution in [2.24, 2.45) is 0 Å². The Balaban J connectivity index is 1.90. The van der Waals surface area contributed by atoms with E-state index in [1.807, 2.05) is 51.1 Å². The van der Waals surface area contributed by atoms with E-state index >= 15 is 0 Å². The van der Waals surface area contributed by atoms with Crippen LogP contribution in [-0.4, -0.2) is 53.5 Å². The van der Waals surface area contributed by atoms with Gasteiger partial charge >= 0.3 is 11.8 Å². The van der Waals surface area contributed by atoms with Gasteiger partial charge in [-0.25, -0.2) is 0 Å². The molecule has 170 valence electrons. The van der Waals surface area contributed by atoms with Crippen molar-refractivity contribution in [3.8, 4) is 0 Å². The summed E-state index contributed by atoms with van der Waals surface area (Å²) in [6.45, 7) is 6.52. The first-order valence-electron chi connectivity index (χ1n) is 11.3. The highest BCUT2D eigenvalue weighted by Gasteiger charge is 2.38. The predicted molar refractivity (Wildman–Crippen MR) is 118 cm³/mol. The summed E-state index contributed by atoms with van der Waals surface area (Å²) in [4.78, 5) is 41.0. The molecule has 7 nitrogen and oxygen atoms in total. The normalized spacial score (nSPS) is 20.3. The molecule has 0 unspecified atom stereocenters. The third-order valence-electron chi connectivity index (χ3n) is 5.74. The van der Waals surface area contributed by atoms with Crippen molar-refractivity contribution in [2.45, 2.75) is 83.0 Å². The van der Waals surface area contributed by atoms with Crippen molar-refractivity contribution in [3.63, 3.8) is 0 Å². The van der Waals surface area contributed by atoms with Gasteiger partial charge in [-0.3, -0.25) is 14.4 Å². The second-order valence-electron chi connectivity index (χ2n) is 9.60. The SMILES string of the molecule is CC(C)(C)NC(=O)[C@@H](c1ccccc1)N(C[C@H]1CCCO1)C(=O)C(=O)NC1CCCC1. The molecule has 2 atom stereocenters. The van der Waals surface area contributed by atoms with Gasteiger partial charge in [-0.05, 0) is 52.0 Å². The monoisotopic (exact) mass is 429 g/mol. The molecule has 0 aromatic heterocycles. The fourth-order valence-corrected chi connectivity index (χ4v) is 4.31. The van der Waals surface area contributed by atoms with Gasteiger partial charge in [0, 0.05) is 24.7 Å². The summed E-state index contributed by atoms with van der Waals surface area (Å²) in [6, 6.07) is 8.28. The van der Waals surface area contributed by atoms with E-state index in [1.165, 1.54) is 4.90 Å². The summed E-state index contributed by atoms with van der Waals surface area (Å²) in [6.07, 6.45) is 5.41. The number of benzene rings is 1. The molecule has 0 radical (unpaired) electrons. The first-order valence-corrected chi connectivity index (χ1v) is 11.3. The Hall–Kier alpha value is -2.41. The van der Waals surface area contributed by atoms with Gasteiger partial charge in [0.15, 0.2) is 0 Å². The molecule has 0 spiro atoms. The standard InChI is InChI=1S/C24H35N3O4/c1-24(2,3)26-21(28)20(17-10-5-4-6-11-17)27(16-19-14-9-15-31-19)23(30)22(29)25-18-12-7-8-13-18/h4-6,10-11,18-20H,7-9,12-16H2,1-3H3,(H,25,29)(H,26,28)/t19-,20-/m1/s1. The van der Waals surface area contributed by atoms with E-state index in [2.05, 4.69) is 10.6 Å². The average Bonchev–Trinajstić information content (AvgIpc) is 3.40. The average molecular weight is 430 g/mol. The quantitative estimate of drug-likeness (QED) is 0.681. The zero-order valence-corrected chi connectivity index (χ0v) is 18.9. The zero-order chi connectivity index (χ0) is 22.4. The van der Waals surface area contributed by atoms with Crippen LogP contribution in [0.15, 0.2) is 30.3 Å². The maximum absolute atomic E-state index is 13.4. The molecule has 1 heterocycles. The van der Waals surface area contributed by atoms with Crippen LogP contribution in [0.2, 0.25) is 0 Å². The summed E-state index contributed by atoms with van der Waals surface area (Å²) >= 11 is 0. The van der Waals surface area contributed by atoms with Crippen LogP contribution in [0, 0.1) is 0 Å². The third kappa shape index (κ3) is 6.53. The Bertz CT molecular complexity index is 763. The Kier molecular flexibility index (Phi) is 7.70. The van der Waals surface area contributed by atoms with Crippen LogP contribution >= 0.6 is 0 Å². The molecule has 1 aromatic carbocycles. The topological polar surface area (TPSA) is 87.7 Å². The van der Waals surface area contributed by atoms with Crippen molar-refractivity contribution in [3.05, 3.63) is 35.9 Å². The number of rotatable bonds is 6. The van der Waals surface area contributed by atoms with Gasteiger partial charge in [0.1, 0.15) is 6.04 Å². The van der Waals surface area contributed by atoms with Crippen LogP contribution in [0.25, 0.3) is 0 Å². The highest BCUT2D eigenvalue weighted by atomic mass is 16.5. The predicted octanol–water partition coefficient (Wildman–Crippen LogP) is 2.71. The van der Waals surface area contributed by atoms with Crippen molar-refractivity contribution in [1.82, 2.24) is 15.5 Å². The highest BCUT2D eigenvalue weighted by molar-refractivity contribution is 6.35. The molecule has 7 heteroatoms. The van der Waals surface area contributed by atoms with E-state index in [0.717, 1.165) is 38.5 Å². The molecule has 31 heavy (non-hydrogen) atoms. The molecule has 2 aliphatic rings. The number of ether oxygens (including phenoxy) is 1. The van der Waals surface area contributed by atoms with Gasteiger partial charge < -0.3 is 20.3 Å². The minimum atomic E-state index is -0.911. The fourth-order valence-electron chi connectivity index (χ4n) is 4.31. The Morgan fingerprint density at radius 3 is 2.32 bits per heavy atom. The Labute approximate surface area is 184 Å². The third-order valence-corrected chi connectivity index (χ3v) is 5.74.